The van der Waals surface area contributed by atoms with Gasteiger partial charge >= 0.3 is 0 Å². The largest absolute Gasteiger partial charge is 0.390 e. The van der Waals surface area contributed by atoms with Crippen LogP contribution in [0.5, 0.6) is 0 Å². The molecule has 28 heavy (non-hydrogen) atoms. The minimum atomic E-state index is -0.447. The molecule has 0 amide bonds. The lowest BCUT2D eigenvalue weighted by molar-refractivity contribution is -0.150. The fourth-order valence-electron chi connectivity index (χ4n) is 8.47. The quantitative estimate of drug-likeness (QED) is 0.742. The molecular weight excluding hydrogens is 346 g/mol. The van der Waals surface area contributed by atoms with Gasteiger partial charge in [-0.1, -0.05) is 13.8 Å². The van der Waals surface area contributed by atoms with Crippen LogP contribution in [-0.4, -0.2) is 42.0 Å². The summed E-state index contributed by atoms with van der Waals surface area (Å²) in [5.74, 6) is 3.91. The molecule has 3 nitrogen and oxygen atoms in total. The second-order valence-electron chi connectivity index (χ2n) is 12.1. The van der Waals surface area contributed by atoms with E-state index in [1.165, 1.54) is 38.5 Å². The molecule has 1 N–H and O–H groups in total. The summed E-state index contributed by atoms with van der Waals surface area (Å²) >= 11 is 0. The Balaban J connectivity index is 1.51. The van der Waals surface area contributed by atoms with Gasteiger partial charge in [0, 0.05) is 18.9 Å². The highest BCUT2D eigenvalue weighted by Crippen LogP contribution is 2.68. The lowest BCUT2D eigenvalue weighted by Gasteiger charge is -2.61. The van der Waals surface area contributed by atoms with E-state index in [2.05, 4.69) is 39.8 Å². The number of Topliss-reactive ketones (excluding diaryl/α,β-unsaturated/α-hetero) is 1. The lowest BCUT2D eigenvalue weighted by atomic mass is 9.44. The van der Waals surface area contributed by atoms with Crippen LogP contribution in [0.15, 0.2) is 0 Å². The van der Waals surface area contributed by atoms with Gasteiger partial charge in [0.1, 0.15) is 5.78 Å². The fourth-order valence-corrected chi connectivity index (χ4v) is 8.47. The van der Waals surface area contributed by atoms with Crippen LogP contribution in [0.2, 0.25) is 0 Å². The van der Waals surface area contributed by atoms with E-state index in [1.807, 2.05) is 0 Å². The zero-order valence-corrected chi connectivity index (χ0v) is 19.0. The Labute approximate surface area is 172 Å². The molecule has 4 fully saturated rings. The Kier molecular flexibility index (Phi) is 5.27. The van der Waals surface area contributed by atoms with Gasteiger partial charge in [-0.05, 0) is 113 Å². The molecular formula is C25H43NO2. The van der Waals surface area contributed by atoms with Crippen LogP contribution in [0.4, 0.5) is 0 Å². The summed E-state index contributed by atoms with van der Waals surface area (Å²) in [6, 6.07) is 0. The minimum Gasteiger partial charge on any atom is -0.390 e. The molecule has 4 saturated carbocycles. The van der Waals surface area contributed by atoms with E-state index in [4.69, 9.17) is 0 Å². The van der Waals surface area contributed by atoms with E-state index in [-0.39, 0.29) is 5.41 Å². The first-order chi connectivity index (χ1) is 13.1. The molecule has 0 spiro atoms. The highest BCUT2D eigenvalue weighted by atomic mass is 16.3. The predicted molar refractivity (Wildman–Crippen MR) is 114 cm³/mol. The van der Waals surface area contributed by atoms with Crippen molar-refractivity contribution in [1.82, 2.24) is 4.90 Å². The first-order valence-electron chi connectivity index (χ1n) is 12.0. The summed E-state index contributed by atoms with van der Waals surface area (Å²) in [6.45, 7) is 7.97. The molecule has 0 saturated heterocycles. The first kappa shape index (κ1) is 20.8. The fraction of sp³-hybridized carbons (Fsp3) is 0.960. The molecule has 0 radical (unpaired) electrons. The highest BCUT2D eigenvalue weighted by Gasteiger charge is 2.61. The molecule has 3 heteroatoms. The van der Waals surface area contributed by atoms with Gasteiger partial charge in [-0.3, -0.25) is 4.79 Å². The van der Waals surface area contributed by atoms with Crippen molar-refractivity contribution in [3.63, 3.8) is 0 Å². The molecule has 4 rings (SSSR count). The normalized spacial score (nSPS) is 50.8. The van der Waals surface area contributed by atoms with Crippen molar-refractivity contribution in [3.8, 4) is 0 Å². The Hall–Kier alpha value is -0.410. The van der Waals surface area contributed by atoms with Crippen LogP contribution in [0.1, 0.15) is 85.0 Å². The first-order valence-corrected chi connectivity index (χ1v) is 12.0. The van der Waals surface area contributed by atoms with Gasteiger partial charge in [-0.2, -0.15) is 0 Å². The average Bonchev–Trinajstić information content (AvgIpc) is 2.97. The van der Waals surface area contributed by atoms with E-state index in [9.17, 15) is 9.90 Å². The van der Waals surface area contributed by atoms with Gasteiger partial charge in [0.15, 0.2) is 0 Å². The summed E-state index contributed by atoms with van der Waals surface area (Å²) in [5, 5.41) is 10.7. The van der Waals surface area contributed by atoms with Crippen molar-refractivity contribution in [2.24, 2.45) is 40.4 Å². The third-order valence-electron chi connectivity index (χ3n) is 10.1. The topological polar surface area (TPSA) is 40.5 Å². The van der Waals surface area contributed by atoms with E-state index < -0.39 is 5.60 Å². The second-order valence-corrected chi connectivity index (χ2v) is 12.1. The van der Waals surface area contributed by atoms with Crippen LogP contribution >= 0.6 is 0 Å². The van der Waals surface area contributed by atoms with Gasteiger partial charge < -0.3 is 10.0 Å². The predicted octanol–water partition coefficient (Wildman–Crippen LogP) is 4.92. The van der Waals surface area contributed by atoms with Crippen LogP contribution in [0.3, 0.4) is 0 Å². The maximum Gasteiger partial charge on any atom is 0.137 e. The van der Waals surface area contributed by atoms with E-state index in [0.29, 0.717) is 23.0 Å². The molecule has 0 heterocycles. The molecule has 0 aromatic heterocycles. The Morgan fingerprint density at radius 1 is 0.929 bits per heavy atom. The molecule has 0 bridgehead atoms. The summed E-state index contributed by atoms with van der Waals surface area (Å²) in [5.41, 5.74) is 0.213. The highest BCUT2D eigenvalue weighted by molar-refractivity contribution is 5.82. The number of rotatable bonds is 4. The molecule has 0 unspecified atom stereocenters. The number of carbonyl (C=O) groups excluding carboxylic acids is 1. The summed E-state index contributed by atoms with van der Waals surface area (Å²) in [7, 11) is 4.14. The van der Waals surface area contributed by atoms with Crippen molar-refractivity contribution in [1.29, 1.82) is 0 Å². The van der Waals surface area contributed by atoms with E-state index in [0.717, 1.165) is 50.0 Å². The molecule has 0 aliphatic heterocycles. The third kappa shape index (κ3) is 3.29. The van der Waals surface area contributed by atoms with Crippen molar-refractivity contribution >= 4 is 5.78 Å². The van der Waals surface area contributed by atoms with Crippen molar-refractivity contribution in [2.75, 3.05) is 20.6 Å². The summed E-state index contributed by atoms with van der Waals surface area (Å²) in [6.07, 6.45) is 11.5. The monoisotopic (exact) mass is 389 g/mol. The Morgan fingerprint density at radius 2 is 1.64 bits per heavy atom. The number of ketones is 1. The Bertz CT molecular complexity index is 614. The number of aliphatic hydroxyl groups is 1. The zero-order valence-electron chi connectivity index (χ0n) is 19.0. The molecule has 4 aliphatic carbocycles. The van der Waals surface area contributed by atoms with Gasteiger partial charge in [0.2, 0.25) is 0 Å². The number of hydrogen-bond acceptors (Lipinski definition) is 3. The van der Waals surface area contributed by atoms with Crippen molar-refractivity contribution in [3.05, 3.63) is 0 Å². The van der Waals surface area contributed by atoms with Gasteiger partial charge in [-0.15, -0.1) is 0 Å². The lowest BCUT2D eigenvalue weighted by Crippen LogP contribution is -2.55. The SMILES string of the molecule is CN(C)CCC(=O)[C@H]1CC[C@H]2[C@@H]3CC[C@H]4C[C@](C)(O)CC[C@]4(C)[C@H]3CC[C@]12C. The number of fused-ring (bicyclic) bond motifs is 5. The van der Waals surface area contributed by atoms with Crippen LogP contribution in [0, 0.1) is 40.4 Å². The van der Waals surface area contributed by atoms with E-state index in [1.54, 1.807) is 0 Å². The van der Waals surface area contributed by atoms with Crippen molar-refractivity contribution in [2.45, 2.75) is 90.6 Å². The van der Waals surface area contributed by atoms with Crippen LogP contribution < -0.4 is 0 Å². The number of nitrogens with zero attached hydrogens (tertiary/aromatic N) is 1. The van der Waals surface area contributed by atoms with Gasteiger partial charge in [-0.25, -0.2) is 0 Å². The smallest absolute Gasteiger partial charge is 0.137 e. The van der Waals surface area contributed by atoms with E-state index >= 15 is 0 Å². The van der Waals surface area contributed by atoms with Crippen LogP contribution in [-0.2, 0) is 4.79 Å². The van der Waals surface area contributed by atoms with Gasteiger partial charge in [0.05, 0.1) is 5.60 Å². The molecule has 4 aliphatic rings. The zero-order chi connectivity index (χ0) is 20.3. The third-order valence-corrected chi connectivity index (χ3v) is 10.1. The summed E-state index contributed by atoms with van der Waals surface area (Å²) in [4.78, 5) is 15.2. The minimum absolute atomic E-state index is 0.244. The average molecular weight is 390 g/mol. The number of hydrogen-bond donors (Lipinski definition) is 1. The van der Waals surface area contributed by atoms with Crippen LogP contribution in [0.25, 0.3) is 0 Å². The standard InChI is InChI=1S/C25H43NO2/c1-23(28)13-14-24(2)17(16-23)6-7-18-19-8-9-21(22(27)11-15-26(4)5)25(19,3)12-10-20(18)24/h17-21,28H,6-16H2,1-5H3/t17-,18-,19-,20-,21+,23+,24-,25-/m0/s1. The maximum absolute atomic E-state index is 13.1. The summed E-state index contributed by atoms with van der Waals surface area (Å²) < 4.78 is 0. The maximum atomic E-state index is 13.1. The molecule has 160 valence electrons. The molecule has 8 atom stereocenters. The Morgan fingerprint density at radius 3 is 2.36 bits per heavy atom. The number of carbonyl (C=O) groups is 1. The van der Waals surface area contributed by atoms with Crippen molar-refractivity contribution < 1.29 is 9.90 Å². The molecule has 0 aromatic rings. The second kappa shape index (κ2) is 7.08. The van der Waals surface area contributed by atoms with Gasteiger partial charge in [0.25, 0.3) is 0 Å². The molecule has 0 aromatic carbocycles.